The Balaban J connectivity index is 0.00000169. The van der Waals surface area contributed by atoms with Crippen LogP contribution >= 0.6 is 24.8 Å². The van der Waals surface area contributed by atoms with E-state index in [1.54, 1.807) is 12.4 Å². The predicted molar refractivity (Wildman–Crippen MR) is 108 cm³/mol. The molecular weight excluding hydrogens is 373 g/mol. The molecule has 1 aliphatic heterocycles. The third kappa shape index (κ3) is 6.25. The van der Waals surface area contributed by atoms with Gasteiger partial charge in [0, 0.05) is 31.4 Å². The molecule has 7 heteroatoms. The Hall–Kier alpha value is -1.66. The van der Waals surface area contributed by atoms with Gasteiger partial charge >= 0.3 is 0 Å². The number of carbonyl (C=O) groups is 1. The monoisotopic (exact) mass is 397 g/mol. The highest BCUT2D eigenvalue weighted by molar-refractivity contribution is 5.85. The molecule has 26 heavy (non-hydrogen) atoms. The first-order valence-corrected chi connectivity index (χ1v) is 8.33. The summed E-state index contributed by atoms with van der Waals surface area (Å²) in [5, 5.41) is 6.36. The van der Waals surface area contributed by atoms with Crippen molar-refractivity contribution in [1.82, 2.24) is 15.6 Å². The van der Waals surface area contributed by atoms with Gasteiger partial charge in [0.2, 0.25) is 5.91 Å². The van der Waals surface area contributed by atoms with Crippen molar-refractivity contribution in [3.05, 3.63) is 54.4 Å². The predicted octanol–water partition coefficient (Wildman–Crippen LogP) is 3.15. The summed E-state index contributed by atoms with van der Waals surface area (Å²) in [4.78, 5) is 16.2. The molecule has 5 nitrogen and oxygen atoms in total. The van der Waals surface area contributed by atoms with Gasteiger partial charge in [0.1, 0.15) is 0 Å². The van der Waals surface area contributed by atoms with Crippen molar-refractivity contribution in [3.8, 4) is 11.1 Å². The van der Waals surface area contributed by atoms with E-state index in [2.05, 4.69) is 39.9 Å². The fourth-order valence-electron chi connectivity index (χ4n) is 2.87. The quantitative estimate of drug-likeness (QED) is 0.813. The number of amides is 1. The zero-order valence-corrected chi connectivity index (χ0v) is 16.3. The molecule has 1 saturated heterocycles. The van der Waals surface area contributed by atoms with Crippen LogP contribution in [-0.2, 0) is 9.53 Å². The first-order valence-electron chi connectivity index (χ1n) is 8.33. The number of pyridine rings is 1. The van der Waals surface area contributed by atoms with Gasteiger partial charge < -0.3 is 15.4 Å². The smallest absolute Gasteiger partial charge is 0.222 e. The summed E-state index contributed by atoms with van der Waals surface area (Å²) in [5.74, 6) is 0.0451. The van der Waals surface area contributed by atoms with E-state index in [1.165, 1.54) is 0 Å². The minimum absolute atomic E-state index is 0. The van der Waals surface area contributed by atoms with Crippen molar-refractivity contribution >= 4 is 30.7 Å². The number of nitrogens with one attached hydrogen (secondary N) is 2. The molecule has 3 rings (SSSR count). The molecule has 2 unspecified atom stereocenters. The van der Waals surface area contributed by atoms with Gasteiger partial charge in [-0.1, -0.05) is 24.3 Å². The van der Waals surface area contributed by atoms with E-state index < -0.39 is 0 Å². The molecule has 1 aromatic carbocycles. The molecule has 1 fully saturated rings. The fraction of sp³-hybridized carbons (Fsp3) is 0.368. The molecule has 142 valence electrons. The summed E-state index contributed by atoms with van der Waals surface area (Å²) in [5.41, 5.74) is 3.37. The fourth-order valence-corrected chi connectivity index (χ4v) is 2.87. The number of hydrogen-bond donors (Lipinski definition) is 2. The Bertz CT molecular complexity index is 662. The summed E-state index contributed by atoms with van der Waals surface area (Å²) >= 11 is 0. The molecule has 2 N–H and O–H groups in total. The van der Waals surface area contributed by atoms with Crippen LogP contribution in [0.3, 0.4) is 0 Å². The van der Waals surface area contributed by atoms with Gasteiger partial charge in [-0.2, -0.15) is 0 Å². The number of carbonyl (C=O) groups excluding carboxylic acids is 1. The van der Waals surface area contributed by atoms with Crippen molar-refractivity contribution in [2.45, 2.75) is 25.4 Å². The number of aromatic nitrogens is 1. The molecule has 1 aliphatic rings. The van der Waals surface area contributed by atoms with Crippen LogP contribution in [0.15, 0.2) is 48.8 Å². The molecule has 0 saturated carbocycles. The van der Waals surface area contributed by atoms with E-state index in [1.807, 2.05) is 19.1 Å². The minimum Gasteiger partial charge on any atom is -0.378 e. The van der Waals surface area contributed by atoms with Crippen LogP contribution in [0.25, 0.3) is 11.1 Å². The van der Waals surface area contributed by atoms with E-state index in [0.717, 1.165) is 29.8 Å². The highest BCUT2D eigenvalue weighted by Gasteiger charge is 2.18. The molecule has 1 aromatic heterocycles. The van der Waals surface area contributed by atoms with E-state index in [9.17, 15) is 4.79 Å². The maximum absolute atomic E-state index is 12.2. The first-order chi connectivity index (χ1) is 11.7. The van der Waals surface area contributed by atoms with Gasteiger partial charge in [-0.15, -0.1) is 24.8 Å². The molecule has 1 amide bonds. The van der Waals surface area contributed by atoms with Crippen molar-refractivity contribution in [1.29, 1.82) is 0 Å². The maximum atomic E-state index is 12.2. The summed E-state index contributed by atoms with van der Waals surface area (Å²) < 4.78 is 5.38. The number of rotatable bonds is 5. The average molecular weight is 398 g/mol. The maximum Gasteiger partial charge on any atom is 0.222 e. The highest BCUT2D eigenvalue weighted by Crippen LogP contribution is 2.21. The Morgan fingerprint density at radius 2 is 1.85 bits per heavy atom. The molecule has 0 bridgehead atoms. The SMILES string of the molecule is CC(NC(=O)CC1COCCN1)c1ccc(-c2ccncc2)cc1.Cl.Cl. The van der Waals surface area contributed by atoms with Gasteiger partial charge in [0.25, 0.3) is 0 Å². The average Bonchev–Trinajstić information content (AvgIpc) is 2.63. The van der Waals surface area contributed by atoms with E-state index in [0.29, 0.717) is 13.0 Å². The van der Waals surface area contributed by atoms with Crippen LogP contribution in [0, 0.1) is 0 Å². The van der Waals surface area contributed by atoms with E-state index in [-0.39, 0.29) is 42.8 Å². The van der Waals surface area contributed by atoms with Gasteiger partial charge in [-0.05, 0) is 35.7 Å². The standard InChI is InChI=1S/C19H23N3O2.2ClH/c1-14(22-19(23)12-18-13-24-11-10-21-18)15-2-4-16(5-3-15)17-6-8-20-9-7-17;;/h2-9,14,18,21H,10-13H2,1H3,(H,22,23);2*1H. The number of halogens is 2. The largest absolute Gasteiger partial charge is 0.378 e. The number of ether oxygens (including phenoxy) is 1. The van der Waals surface area contributed by atoms with E-state index >= 15 is 0 Å². The number of nitrogens with zero attached hydrogens (tertiary/aromatic N) is 1. The lowest BCUT2D eigenvalue weighted by atomic mass is 10.0. The topological polar surface area (TPSA) is 63.2 Å². The molecule has 0 aliphatic carbocycles. The summed E-state index contributed by atoms with van der Waals surface area (Å²) in [6, 6.07) is 12.3. The van der Waals surface area contributed by atoms with E-state index in [4.69, 9.17) is 4.74 Å². The van der Waals surface area contributed by atoms with Crippen LogP contribution < -0.4 is 10.6 Å². The van der Waals surface area contributed by atoms with Crippen molar-refractivity contribution in [2.24, 2.45) is 0 Å². The molecule has 0 spiro atoms. The second kappa shape index (κ2) is 11.1. The molecule has 2 atom stereocenters. The molecular formula is C19H25Cl2N3O2. The van der Waals surface area contributed by atoms with Crippen LogP contribution in [0.4, 0.5) is 0 Å². The number of benzene rings is 1. The van der Waals surface area contributed by atoms with Crippen molar-refractivity contribution in [2.75, 3.05) is 19.8 Å². The Morgan fingerprint density at radius 3 is 2.46 bits per heavy atom. The lowest BCUT2D eigenvalue weighted by molar-refractivity contribution is -0.122. The minimum atomic E-state index is -0.0199. The first kappa shape index (κ1) is 22.4. The zero-order chi connectivity index (χ0) is 16.8. The third-order valence-corrected chi connectivity index (χ3v) is 4.23. The lowest BCUT2D eigenvalue weighted by Gasteiger charge is -2.24. The Kier molecular flexibility index (Phi) is 9.59. The lowest BCUT2D eigenvalue weighted by Crippen LogP contribution is -2.44. The normalized spacial score (nSPS) is 17.3. The van der Waals surface area contributed by atoms with Crippen LogP contribution in [0.1, 0.15) is 24.9 Å². The summed E-state index contributed by atoms with van der Waals surface area (Å²) in [6.07, 6.45) is 4.02. The summed E-state index contributed by atoms with van der Waals surface area (Å²) in [6.45, 7) is 4.13. The second-order valence-corrected chi connectivity index (χ2v) is 6.08. The van der Waals surface area contributed by atoms with Crippen LogP contribution in [-0.4, -0.2) is 36.7 Å². The number of hydrogen-bond acceptors (Lipinski definition) is 4. The van der Waals surface area contributed by atoms with Gasteiger partial charge in [0.05, 0.1) is 19.3 Å². The van der Waals surface area contributed by atoms with Gasteiger partial charge in [0.15, 0.2) is 0 Å². The van der Waals surface area contributed by atoms with Gasteiger partial charge in [-0.25, -0.2) is 0 Å². The Morgan fingerprint density at radius 1 is 1.19 bits per heavy atom. The molecule has 2 aromatic rings. The van der Waals surface area contributed by atoms with Crippen molar-refractivity contribution < 1.29 is 9.53 Å². The third-order valence-electron chi connectivity index (χ3n) is 4.23. The van der Waals surface area contributed by atoms with Crippen LogP contribution in [0.5, 0.6) is 0 Å². The number of morpholine rings is 1. The van der Waals surface area contributed by atoms with Crippen molar-refractivity contribution in [3.63, 3.8) is 0 Å². The van der Waals surface area contributed by atoms with Crippen LogP contribution in [0.2, 0.25) is 0 Å². The highest BCUT2D eigenvalue weighted by atomic mass is 35.5. The second-order valence-electron chi connectivity index (χ2n) is 6.08. The Labute approximate surface area is 166 Å². The molecule has 0 radical (unpaired) electrons. The van der Waals surface area contributed by atoms with Gasteiger partial charge in [-0.3, -0.25) is 9.78 Å². The zero-order valence-electron chi connectivity index (χ0n) is 14.7. The molecule has 2 heterocycles. The summed E-state index contributed by atoms with van der Waals surface area (Å²) in [7, 11) is 0.